The average Bonchev–Trinajstić information content (AvgIpc) is 2.20. The zero-order valence-electron chi connectivity index (χ0n) is 8.39. The van der Waals surface area contributed by atoms with Gasteiger partial charge in [0.15, 0.2) is 0 Å². The lowest BCUT2D eigenvalue weighted by molar-refractivity contribution is -0.125. The van der Waals surface area contributed by atoms with Crippen molar-refractivity contribution in [3.63, 3.8) is 0 Å². The molecule has 0 spiro atoms. The summed E-state index contributed by atoms with van der Waals surface area (Å²) in [7, 11) is 0. The van der Waals surface area contributed by atoms with Gasteiger partial charge in [0.05, 0.1) is 6.54 Å². The first kappa shape index (κ1) is 12.8. The Bertz CT molecular complexity index is 324. The molecule has 90 valence electrons. The minimum atomic E-state index is -3.99. The number of nitrogens with two attached hydrogens (primary N) is 1. The van der Waals surface area contributed by atoms with Crippen molar-refractivity contribution in [2.75, 3.05) is 12.3 Å². The Morgan fingerprint density at radius 2 is 1.75 bits per heavy atom. The first-order valence-electron chi connectivity index (χ1n) is 4.63. The van der Waals surface area contributed by atoms with Crippen LogP contribution in [0.1, 0.15) is 5.56 Å². The summed E-state index contributed by atoms with van der Waals surface area (Å²) in [6.07, 6.45) is -3.65. The largest absolute Gasteiger partial charge is 0.399 e. The average molecular weight is 236 g/mol. The van der Waals surface area contributed by atoms with Gasteiger partial charge in [0.1, 0.15) is 0 Å². The van der Waals surface area contributed by atoms with Crippen LogP contribution in [0.4, 0.5) is 23.2 Å². The number of nitrogen functional groups attached to an aromatic ring is 1. The predicted octanol–water partition coefficient (Wildman–Crippen LogP) is 2.26. The fourth-order valence-electron chi connectivity index (χ4n) is 1.09. The van der Waals surface area contributed by atoms with Gasteiger partial charge in [0, 0.05) is 12.2 Å². The molecule has 1 aromatic rings. The lowest BCUT2D eigenvalue weighted by atomic mass is 10.2. The third kappa shape index (κ3) is 3.69. The molecule has 16 heavy (non-hydrogen) atoms. The molecular weight excluding hydrogens is 224 g/mol. The van der Waals surface area contributed by atoms with Gasteiger partial charge in [-0.3, -0.25) is 0 Å². The van der Waals surface area contributed by atoms with Crippen molar-refractivity contribution < 1.29 is 17.6 Å². The molecule has 0 saturated carbocycles. The van der Waals surface area contributed by atoms with Gasteiger partial charge in [0.25, 0.3) is 0 Å². The molecule has 0 aliphatic carbocycles. The van der Waals surface area contributed by atoms with Crippen molar-refractivity contribution in [1.82, 2.24) is 5.32 Å². The van der Waals surface area contributed by atoms with E-state index in [0.717, 1.165) is 0 Å². The van der Waals surface area contributed by atoms with Crippen LogP contribution in [0.3, 0.4) is 0 Å². The molecule has 0 saturated heterocycles. The van der Waals surface area contributed by atoms with E-state index in [1.165, 1.54) is 0 Å². The third-order valence-electron chi connectivity index (χ3n) is 1.99. The molecule has 3 N–H and O–H groups in total. The van der Waals surface area contributed by atoms with Crippen LogP contribution in [0.5, 0.6) is 0 Å². The molecule has 0 amide bonds. The van der Waals surface area contributed by atoms with Crippen molar-refractivity contribution >= 4 is 5.69 Å². The maximum Gasteiger partial charge on any atom is 0.319 e. The summed E-state index contributed by atoms with van der Waals surface area (Å²) in [6.45, 7) is -0.947. The van der Waals surface area contributed by atoms with E-state index in [0.29, 0.717) is 11.3 Å². The quantitative estimate of drug-likeness (QED) is 0.608. The number of anilines is 1. The minimum absolute atomic E-state index is 0.0998. The molecule has 0 aliphatic heterocycles. The number of hydrogen-bond acceptors (Lipinski definition) is 2. The van der Waals surface area contributed by atoms with Gasteiger partial charge in [0.2, 0.25) is 0 Å². The monoisotopic (exact) mass is 236 g/mol. The Labute approximate surface area is 90.4 Å². The van der Waals surface area contributed by atoms with Gasteiger partial charge in [-0.2, -0.15) is 8.78 Å². The lowest BCUT2D eigenvalue weighted by Gasteiger charge is -2.15. The number of halogens is 4. The van der Waals surface area contributed by atoms with Crippen LogP contribution in [-0.2, 0) is 6.54 Å². The molecule has 0 radical (unpaired) electrons. The minimum Gasteiger partial charge on any atom is -0.399 e. The highest BCUT2D eigenvalue weighted by Crippen LogP contribution is 2.21. The van der Waals surface area contributed by atoms with Crippen LogP contribution in [0, 0.1) is 0 Å². The summed E-state index contributed by atoms with van der Waals surface area (Å²) in [5.41, 5.74) is 6.69. The van der Waals surface area contributed by atoms with E-state index < -0.39 is 18.9 Å². The summed E-state index contributed by atoms with van der Waals surface area (Å²) >= 11 is 0. The lowest BCUT2D eigenvalue weighted by Crippen LogP contribution is -2.38. The molecule has 0 heterocycles. The predicted molar refractivity (Wildman–Crippen MR) is 53.5 cm³/mol. The number of nitrogens with one attached hydrogen (secondary N) is 1. The number of rotatable bonds is 5. The van der Waals surface area contributed by atoms with Crippen molar-refractivity contribution in [3.05, 3.63) is 29.8 Å². The molecule has 0 unspecified atom stereocenters. The van der Waals surface area contributed by atoms with E-state index in [4.69, 9.17) is 5.73 Å². The van der Waals surface area contributed by atoms with Gasteiger partial charge in [-0.15, -0.1) is 0 Å². The second kappa shape index (κ2) is 5.16. The fourth-order valence-corrected chi connectivity index (χ4v) is 1.09. The van der Waals surface area contributed by atoms with Crippen LogP contribution >= 0.6 is 0 Å². The normalized spacial score (nSPS) is 12.1. The molecule has 6 heteroatoms. The van der Waals surface area contributed by atoms with Gasteiger partial charge < -0.3 is 11.1 Å². The van der Waals surface area contributed by atoms with E-state index in [1.54, 1.807) is 24.3 Å². The third-order valence-corrected chi connectivity index (χ3v) is 1.99. The molecule has 1 rings (SSSR count). The summed E-state index contributed by atoms with van der Waals surface area (Å²) in [6, 6.07) is 6.51. The second-order valence-corrected chi connectivity index (χ2v) is 3.41. The summed E-state index contributed by atoms with van der Waals surface area (Å²) in [5.74, 6) is -3.99. The smallest absolute Gasteiger partial charge is 0.319 e. The number of hydrogen-bond donors (Lipinski definition) is 2. The van der Waals surface area contributed by atoms with Crippen molar-refractivity contribution in [2.24, 2.45) is 0 Å². The molecule has 0 atom stereocenters. The molecule has 2 nitrogen and oxygen atoms in total. The van der Waals surface area contributed by atoms with Crippen LogP contribution in [0.2, 0.25) is 0 Å². The molecule has 0 aromatic heterocycles. The van der Waals surface area contributed by atoms with E-state index >= 15 is 0 Å². The summed E-state index contributed by atoms with van der Waals surface area (Å²) < 4.78 is 48.5. The molecular formula is C10H12F4N2. The second-order valence-electron chi connectivity index (χ2n) is 3.41. The zero-order chi connectivity index (χ0) is 12.2. The molecule has 0 aliphatic rings. The van der Waals surface area contributed by atoms with Crippen LogP contribution in [0.25, 0.3) is 0 Å². The Hall–Kier alpha value is -1.30. The summed E-state index contributed by atoms with van der Waals surface area (Å²) in [5, 5.41) is 2.27. The topological polar surface area (TPSA) is 38.0 Å². The van der Waals surface area contributed by atoms with E-state index in [-0.39, 0.29) is 6.54 Å². The molecule has 0 bridgehead atoms. The van der Waals surface area contributed by atoms with Crippen LogP contribution in [-0.4, -0.2) is 18.9 Å². The number of benzene rings is 1. The highest BCUT2D eigenvalue weighted by atomic mass is 19.3. The fraction of sp³-hybridized carbons (Fsp3) is 0.400. The molecule has 1 aromatic carbocycles. The maximum absolute atomic E-state index is 12.5. The van der Waals surface area contributed by atoms with Crippen LogP contribution in [0.15, 0.2) is 24.3 Å². The van der Waals surface area contributed by atoms with Gasteiger partial charge in [-0.05, 0) is 17.7 Å². The van der Waals surface area contributed by atoms with Gasteiger partial charge in [-0.25, -0.2) is 8.78 Å². The highest BCUT2D eigenvalue weighted by Gasteiger charge is 2.39. The van der Waals surface area contributed by atoms with E-state index in [1.807, 2.05) is 0 Å². The zero-order valence-corrected chi connectivity index (χ0v) is 8.39. The number of alkyl halides is 4. The van der Waals surface area contributed by atoms with Crippen molar-refractivity contribution in [3.8, 4) is 0 Å². The first-order chi connectivity index (χ1) is 7.42. The maximum atomic E-state index is 12.5. The van der Waals surface area contributed by atoms with E-state index in [2.05, 4.69) is 5.32 Å². The van der Waals surface area contributed by atoms with E-state index in [9.17, 15) is 17.6 Å². The van der Waals surface area contributed by atoms with Gasteiger partial charge in [-0.1, -0.05) is 12.1 Å². The first-order valence-corrected chi connectivity index (χ1v) is 4.63. The Morgan fingerprint density at radius 3 is 2.25 bits per heavy atom. The van der Waals surface area contributed by atoms with Gasteiger partial charge >= 0.3 is 12.3 Å². The Kier molecular flexibility index (Phi) is 4.12. The van der Waals surface area contributed by atoms with Crippen LogP contribution < -0.4 is 11.1 Å². The van der Waals surface area contributed by atoms with Crippen molar-refractivity contribution in [1.29, 1.82) is 0 Å². The van der Waals surface area contributed by atoms with Crippen molar-refractivity contribution in [2.45, 2.75) is 18.9 Å². The molecule has 0 fully saturated rings. The Balaban J connectivity index is 2.39. The SMILES string of the molecule is Nc1ccc(CNCC(F)(F)C(F)F)cc1. The highest BCUT2D eigenvalue weighted by molar-refractivity contribution is 5.39. The Morgan fingerprint density at radius 1 is 1.19 bits per heavy atom. The summed E-state index contributed by atoms with van der Waals surface area (Å²) in [4.78, 5) is 0. The standard InChI is InChI=1S/C10H12F4N2/c11-9(12)10(13,14)6-16-5-7-1-3-8(15)4-2-7/h1-4,9,16H,5-6,15H2.